The van der Waals surface area contributed by atoms with Crippen molar-refractivity contribution in [3.05, 3.63) is 29.8 Å². The van der Waals surface area contributed by atoms with Gasteiger partial charge in [0, 0.05) is 6.15 Å². The second-order valence-corrected chi connectivity index (χ2v) is 21.3. The SMILES string of the molecule is CCCCC(CC)CC[B-](CCC(CC)CCCC)(CCC(CC)CCCC)CCC(CC)CCCC.CCCCCC[PH+](c1cccc(F)c1F)C(F)(F)C(F)(F)F. The molecular weight excluding hydrogens is 775 g/mol. The molecule has 0 aliphatic rings. The lowest BCUT2D eigenvalue weighted by Crippen LogP contribution is -2.38. The molecule has 350 valence electrons. The van der Waals surface area contributed by atoms with Gasteiger partial charge in [-0.05, 0) is 48.6 Å². The molecule has 1 aromatic carbocycles. The lowest BCUT2D eigenvalue weighted by molar-refractivity contribution is -0.240. The van der Waals surface area contributed by atoms with E-state index in [-0.39, 0.29) is 12.6 Å². The van der Waals surface area contributed by atoms with Crippen molar-refractivity contribution in [2.24, 2.45) is 23.7 Å². The van der Waals surface area contributed by atoms with Crippen molar-refractivity contribution >= 4 is 19.4 Å². The Morgan fingerprint density at radius 1 is 0.475 bits per heavy atom. The van der Waals surface area contributed by atoms with Crippen LogP contribution in [-0.4, -0.2) is 24.1 Å². The molecule has 0 aliphatic heterocycles. The van der Waals surface area contributed by atoms with Crippen LogP contribution in [0, 0.1) is 35.3 Å². The van der Waals surface area contributed by atoms with E-state index in [1.54, 1.807) is 25.3 Å². The number of hydrogen-bond donors (Lipinski definition) is 0. The highest BCUT2D eigenvalue weighted by atomic mass is 31.1. The molecule has 0 spiro atoms. The molecule has 0 saturated heterocycles. The van der Waals surface area contributed by atoms with E-state index in [1.807, 2.05) is 6.92 Å². The third kappa shape index (κ3) is 23.5. The summed E-state index contributed by atoms with van der Waals surface area (Å²) in [5.41, 5.74) is -5.02. The first-order valence-electron chi connectivity index (χ1n) is 25.1. The Balaban J connectivity index is 0.00000129. The summed E-state index contributed by atoms with van der Waals surface area (Å²) in [6, 6.07) is 2.48. The molecule has 0 nitrogen and oxygen atoms in total. The van der Waals surface area contributed by atoms with Crippen LogP contribution in [0.3, 0.4) is 0 Å². The van der Waals surface area contributed by atoms with Gasteiger partial charge in [-0.15, -0.1) is 0 Å². The molecule has 5 atom stereocenters. The van der Waals surface area contributed by atoms with Gasteiger partial charge in [-0.3, -0.25) is 0 Å². The highest BCUT2D eigenvalue weighted by Gasteiger charge is 2.69. The van der Waals surface area contributed by atoms with Crippen LogP contribution in [0.1, 0.15) is 216 Å². The standard InChI is InChI=1S/C36H76B.C14H16F7P/c1-9-17-21-33(13-5)25-29-37(30-26-34(14-6)22-18-10-2,31-27-35(15-7)23-19-11-3)32-28-36(16-8)24-20-12-4;1-2-3-4-5-9-22(14(20,21)13(17,18)19)11-8-6-7-10(15)12(11)16/h33-36H,9-32H2,1-8H3;6-8H,2-5,9H2,1H3/q-1;/p+1. The average molecular weight is 869 g/mol. The second-order valence-electron chi connectivity index (χ2n) is 18.7. The van der Waals surface area contributed by atoms with Crippen LogP contribution >= 0.6 is 7.92 Å². The minimum atomic E-state index is -5.77. The molecule has 0 N–H and O–H groups in total. The monoisotopic (exact) mass is 869 g/mol. The van der Waals surface area contributed by atoms with Crippen LogP contribution in [0.15, 0.2) is 18.2 Å². The zero-order valence-corrected chi connectivity index (χ0v) is 40.8. The molecule has 59 heavy (non-hydrogen) atoms. The van der Waals surface area contributed by atoms with E-state index in [0.717, 1.165) is 42.2 Å². The largest absolute Gasteiger partial charge is 0.493 e. The van der Waals surface area contributed by atoms with E-state index in [0.29, 0.717) is 18.9 Å². The van der Waals surface area contributed by atoms with Crippen LogP contribution in [-0.2, 0) is 0 Å². The molecule has 0 radical (unpaired) electrons. The van der Waals surface area contributed by atoms with Crippen LogP contribution in [0.4, 0.5) is 30.7 Å². The van der Waals surface area contributed by atoms with Crippen LogP contribution in [0.25, 0.3) is 0 Å². The normalized spacial score (nSPS) is 15.9. The topological polar surface area (TPSA) is 0 Å². The molecule has 9 heteroatoms. The van der Waals surface area contributed by atoms with Gasteiger partial charge in [-0.2, -0.15) is 51.6 Å². The molecule has 0 heterocycles. The van der Waals surface area contributed by atoms with Crippen molar-refractivity contribution in [3.63, 3.8) is 0 Å². The summed E-state index contributed by atoms with van der Waals surface area (Å²) in [7, 11) is -3.66. The van der Waals surface area contributed by atoms with Crippen LogP contribution in [0.5, 0.6) is 0 Å². The molecule has 5 unspecified atom stereocenters. The minimum absolute atomic E-state index is 0.129. The van der Waals surface area contributed by atoms with Crippen molar-refractivity contribution in [1.29, 1.82) is 0 Å². The number of unbranched alkanes of at least 4 members (excludes halogenated alkanes) is 7. The minimum Gasteiger partial charge on any atom is -0.204 e. The fourth-order valence-corrected chi connectivity index (χ4v) is 12.1. The van der Waals surface area contributed by atoms with Crippen molar-refractivity contribution in [2.45, 2.75) is 254 Å². The van der Waals surface area contributed by atoms with Gasteiger partial charge in [-0.1, -0.05) is 210 Å². The molecule has 1 aromatic rings. The third-order valence-electron chi connectivity index (χ3n) is 14.2. The maximum Gasteiger partial charge on any atom is 0.493 e. The van der Waals surface area contributed by atoms with Gasteiger partial charge < -0.3 is 0 Å². The van der Waals surface area contributed by atoms with Crippen molar-refractivity contribution in [3.8, 4) is 0 Å². The lowest BCUT2D eigenvalue weighted by Gasteiger charge is -2.44. The van der Waals surface area contributed by atoms with Crippen LogP contribution in [0.2, 0.25) is 25.3 Å². The molecular formula is C50H93BF7P. The lowest BCUT2D eigenvalue weighted by atomic mass is 9.16. The fourth-order valence-electron chi connectivity index (χ4n) is 9.50. The first kappa shape index (κ1) is 58.2. The van der Waals surface area contributed by atoms with Crippen molar-refractivity contribution in [2.75, 3.05) is 6.16 Å². The third-order valence-corrected chi connectivity index (χ3v) is 17.1. The average Bonchev–Trinajstić information content (AvgIpc) is 3.22. The molecule has 1 rings (SSSR count). The van der Waals surface area contributed by atoms with Gasteiger partial charge >= 0.3 is 11.8 Å². The predicted octanol–water partition coefficient (Wildman–Crippen LogP) is 19.4. The van der Waals surface area contributed by atoms with Gasteiger partial charge in [0.05, 0.1) is 6.16 Å². The first-order chi connectivity index (χ1) is 28.1. The molecule has 0 aromatic heterocycles. The summed E-state index contributed by atoms with van der Waals surface area (Å²) in [5, 5.41) is -0.830. The number of alkyl halides is 5. The second kappa shape index (κ2) is 33.7. The van der Waals surface area contributed by atoms with E-state index in [9.17, 15) is 30.7 Å². The van der Waals surface area contributed by atoms with Gasteiger partial charge in [0.25, 0.3) is 0 Å². The molecule has 0 aliphatic carbocycles. The van der Waals surface area contributed by atoms with Gasteiger partial charge in [0.1, 0.15) is 13.2 Å². The quantitative estimate of drug-likeness (QED) is 0.0276. The Morgan fingerprint density at radius 3 is 1.14 bits per heavy atom. The zero-order valence-electron chi connectivity index (χ0n) is 39.8. The summed E-state index contributed by atoms with van der Waals surface area (Å²) in [4.78, 5) is 0. The molecule has 0 bridgehead atoms. The Labute approximate surface area is 362 Å². The summed E-state index contributed by atoms with van der Waals surface area (Å²) in [5.74, 6) is 0.905. The highest BCUT2D eigenvalue weighted by molar-refractivity contribution is 7.66. The smallest absolute Gasteiger partial charge is 0.204 e. The van der Waals surface area contributed by atoms with Gasteiger partial charge in [0.15, 0.2) is 5.82 Å². The van der Waals surface area contributed by atoms with Crippen LogP contribution < -0.4 is 5.30 Å². The maximum absolute atomic E-state index is 13.7. The van der Waals surface area contributed by atoms with Gasteiger partial charge in [-0.25, -0.2) is 4.39 Å². The molecule has 0 amide bonds. The predicted molar refractivity (Wildman–Crippen MR) is 251 cm³/mol. The van der Waals surface area contributed by atoms with Crippen molar-refractivity contribution < 1.29 is 30.7 Å². The summed E-state index contributed by atoms with van der Waals surface area (Å²) in [6.07, 6.45) is 30.9. The number of rotatable bonds is 35. The van der Waals surface area contributed by atoms with E-state index >= 15 is 0 Å². The number of benzene rings is 1. The zero-order chi connectivity index (χ0) is 44.7. The molecule has 0 fully saturated rings. The Hall–Kier alpha value is -0.775. The number of halogens is 7. The summed E-state index contributed by atoms with van der Waals surface area (Å²) >= 11 is 0. The summed E-state index contributed by atoms with van der Waals surface area (Å²) in [6.45, 7) is 21.3. The van der Waals surface area contributed by atoms with E-state index in [4.69, 9.17) is 0 Å². The summed E-state index contributed by atoms with van der Waals surface area (Å²) < 4.78 is 92.3. The molecule has 0 saturated carbocycles. The Morgan fingerprint density at radius 2 is 0.831 bits per heavy atom. The highest BCUT2D eigenvalue weighted by Crippen LogP contribution is 2.59. The van der Waals surface area contributed by atoms with Crippen molar-refractivity contribution in [1.82, 2.24) is 0 Å². The number of hydrogen-bond acceptors (Lipinski definition) is 0. The van der Waals surface area contributed by atoms with E-state index in [2.05, 4.69) is 55.4 Å². The van der Waals surface area contributed by atoms with E-state index in [1.165, 1.54) is 128 Å². The first-order valence-corrected chi connectivity index (χ1v) is 26.8. The van der Waals surface area contributed by atoms with Gasteiger partial charge in [0.2, 0.25) is 5.82 Å². The van der Waals surface area contributed by atoms with E-state index < -0.39 is 42.9 Å². The fraction of sp³-hybridized carbons (Fsp3) is 0.880. The maximum atomic E-state index is 13.7. The Bertz CT molecular complexity index is 1040. The Kier molecular flexibility index (Phi) is 33.3.